The van der Waals surface area contributed by atoms with E-state index in [1.165, 1.54) is 30.6 Å². The van der Waals surface area contributed by atoms with Crippen LogP contribution in [0.2, 0.25) is 0 Å². The number of nitrogens with two attached hydrogens (primary N) is 1. The number of aromatic nitrogens is 2. The van der Waals surface area contributed by atoms with E-state index < -0.39 is 21.8 Å². The number of nitrogens with one attached hydrogen (secondary N) is 1. The maximum atomic E-state index is 13.1. The van der Waals surface area contributed by atoms with Crippen LogP contribution in [0.1, 0.15) is 11.1 Å². The summed E-state index contributed by atoms with van der Waals surface area (Å²) < 4.78 is 66.9. The molecule has 2 heterocycles. The fourth-order valence-electron chi connectivity index (χ4n) is 3.16. The molecule has 2 aromatic carbocycles. The molecule has 31 heavy (non-hydrogen) atoms. The minimum atomic E-state index is -4.48. The Balaban J connectivity index is 1.79. The molecular weight excluding hydrogens is 449 g/mol. The highest BCUT2D eigenvalue weighted by molar-refractivity contribution is 7.93. The summed E-state index contributed by atoms with van der Waals surface area (Å²) in [5, 5.41) is 3.04. The lowest BCUT2D eigenvalue weighted by Crippen LogP contribution is -2.12. The Hall–Kier alpha value is -3.02. The molecule has 0 aliphatic heterocycles. The number of halogens is 3. The molecule has 0 atom stereocenters. The summed E-state index contributed by atoms with van der Waals surface area (Å²) in [4.78, 5) is 8.26. The van der Waals surface area contributed by atoms with Gasteiger partial charge in [0.25, 0.3) is 10.0 Å². The number of fused-ring (bicyclic) bond motifs is 1. The van der Waals surface area contributed by atoms with Crippen LogP contribution in [0.5, 0.6) is 0 Å². The first-order valence-electron chi connectivity index (χ1n) is 8.91. The number of nitrogens with zero attached hydrogens (tertiary/aromatic N) is 2. The zero-order chi connectivity index (χ0) is 22.2. The second-order valence-electron chi connectivity index (χ2n) is 6.56. The monoisotopic (exact) mass is 464 g/mol. The maximum Gasteiger partial charge on any atom is 0.416 e. The molecule has 0 aliphatic rings. The third kappa shape index (κ3) is 4.24. The first-order valence-corrected chi connectivity index (χ1v) is 11.3. The van der Waals surface area contributed by atoms with E-state index in [1.807, 2.05) is 0 Å². The molecule has 4 rings (SSSR count). The number of benzene rings is 2. The van der Waals surface area contributed by atoms with Gasteiger partial charge >= 0.3 is 6.18 Å². The largest absolute Gasteiger partial charge is 0.416 e. The Morgan fingerprint density at radius 1 is 1.03 bits per heavy atom. The molecule has 11 heteroatoms. The van der Waals surface area contributed by atoms with Crippen molar-refractivity contribution in [2.75, 3.05) is 4.72 Å². The van der Waals surface area contributed by atoms with E-state index in [4.69, 9.17) is 5.73 Å². The zero-order valence-electron chi connectivity index (χ0n) is 15.7. The van der Waals surface area contributed by atoms with Crippen molar-refractivity contribution >= 4 is 37.3 Å². The van der Waals surface area contributed by atoms with Gasteiger partial charge in [-0.3, -0.25) is 9.71 Å². The van der Waals surface area contributed by atoms with Crippen LogP contribution < -0.4 is 10.5 Å². The highest BCUT2D eigenvalue weighted by Gasteiger charge is 2.31. The molecule has 160 valence electrons. The Bertz CT molecular complexity index is 1350. The van der Waals surface area contributed by atoms with Crippen LogP contribution in [0.25, 0.3) is 22.0 Å². The number of pyridine rings is 1. The topological polar surface area (TPSA) is 98.0 Å². The summed E-state index contributed by atoms with van der Waals surface area (Å²) in [5.41, 5.74) is 6.07. The van der Waals surface area contributed by atoms with Crippen molar-refractivity contribution in [1.29, 1.82) is 0 Å². The minimum absolute atomic E-state index is 0.0267. The molecule has 0 aliphatic carbocycles. The van der Waals surface area contributed by atoms with Gasteiger partial charge in [0.2, 0.25) is 0 Å². The van der Waals surface area contributed by atoms with Gasteiger partial charge in [-0.15, -0.1) is 11.3 Å². The Morgan fingerprint density at radius 2 is 1.84 bits per heavy atom. The summed E-state index contributed by atoms with van der Waals surface area (Å²) in [5.74, 6) is 0. The third-order valence-electron chi connectivity index (χ3n) is 4.61. The molecule has 0 amide bonds. The van der Waals surface area contributed by atoms with Crippen LogP contribution >= 0.6 is 11.3 Å². The smallest absolute Gasteiger partial charge is 0.326 e. The molecule has 4 aromatic rings. The Labute approximate surface area is 179 Å². The predicted molar refractivity (Wildman–Crippen MR) is 113 cm³/mol. The van der Waals surface area contributed by atoms with Crippen molar-refractivity contribution in [2.45, 2.75) is 17.6 Å². The van der Waals surface area contributed by atoms with Crippen LogP contribution in [-0.4, -0.2) is 18.4 Å². The number of hydrogen-bond donors (Lipinski definition) is 2. The number of alkyl halides is 3. The number of thiazole rings is 1. The molecule has 0 saturated heterocycles. The molecule has 0 saturated carbocycles. The zero-order valence-corrected chi connectivity index (χ0v) is 17.4. The van der Waals surface area contributed by atoms with Gasteiger partial charge < -0.3 is 5.73 Å². The summed E-state index contributed by atoms with van der Waals surface area (Å²) in [7, 11) is -3.85. The van der Waals surface area contributed by atoms with E-state index in [2.05, 4.69) is 14.7 Å². The lowest BCUT2D eigenvalue weighted by Gasteiger charge is -2.14. The summed E-state index contributed by atoms with van der Waals surface area (Å²) in [6, 6.07) is 9.41. The second-order valence-corrected chi connectivity index (χ2v) is 9.14. The predicted octanol–water partition coefficient (Wildman–Crippen LogP) is 4.64. The number of rotatable bonds is 5. The van der Waals surface area contributed by atoms with E-state index >= 15 is 0 Å². The lowest BCUT2D eigenvalue weighted by molar-refractivity contribution is -0.137. The lowest BCUT2D eigenvalue weighted by atomic mass is 9.97. The van der Waals surface area contributed by atoms with E-state index in [0.29, 0.717) is 22.0 Å². The minimum Gasteiger partial charge on any atom is -0.326 e. The van der Waals surface area contributed by atoms with Crippen molar-refractivity contribution in [1.82, 2.24) is 9.97 Å². The third-order valence-corrected chi connectivity index (χ3v) is 6.76. The van der Waals surface area contributed by atoms with Crippen molar-refractivity contribution in [3.63, 3.8) is 0 Å². The molecular formula is C20H15F3N4O2S2. The molecule has 0 radical (unpaired) electrons. The average Bonchev–Trinajstić information content (AvgIpc) is 3.24. The van der Waals surface area contributed by atoms with Gasteiger partial charge in [-0.2, -0.15) is 13.2 Å². The van der Waals surface area contributed by atoms with Gasteiger partial charge in [-0.05, 0) is 41.3 Å². The van der Waals surface area contributed by atoms with Gasteiger partial charge in [-0.25, -0.2) is 13.4 Å². The fourth-order valence-corrected chi connectivity index (χ4v) is 4.98. The first kappa shape index (κ1) is 21.2. The molecule has 0 bridgehead atoms. The molecule has 6 nitrogen and oxygen atoms in total. The molecule has 2 aromatic heterocycles. The van der Waals surface area contributed by atoms with E-state index in [-0.39, 0.29) is 22.1 Å². The van der Waals surface area contributed by atoms with Crippen LogP contribution in [0.4, 0.5) is 18.3 Å². The highest BCUT2D eigenvalue weighted by atomic mass is 32.2. The van der Waals surface area contributed by atoms with Gasteiger partial charge in [-0.1, -0.05) is 12.1 Å². The number of anilines is 1. The van der Waals surface area contributed by atoms with E-state index in [1.54, 1.807) is 17.5 Å². The first-order chi connectivity index (χ1) is 14.7. The Kier molecular flexibility index (Phi) is 5.42. The summed E-state index contributed by atoms with van der Waals surface area (Å²) >= 11 is 1.15. The Morgan fingerprint density at radius 3 is 2.52 bits per heavy atom. The fraction of sp³-hybridized carbons (Fsp3) is 0.100. The van der Waals surface area contributed by atoms with Gasteiger partial charge in [0, 0.05) is 35.3 Å². The van der Waals surface area contributed by atoms with Crippen LogP contribution in [-0.2, 0) is 22.7 Å². The standard InChI is InChI=1S/C20H15F3N4O2S2/c21-20(22,23)14-1-3-17(13(9-14)11-24)18-16-4-2-15(10-12(16)5-6-25-18)31(28,29)27-19-26-7-8-30-19/h1-10H,11,24H2,(H,26,27). The van der Waals surface area contributed by atoms with Gasteiger partial charge in [0.05, 0.1) is 16.2 Å². The van der Waals surface area contributed by atoms with Crippen LogP contribution in [0, 0.1) is 0 Å². The highest BCUT2D eigenvalue weighted by Crippen LogP contribution is 2.35. The maximum absolute atomic E-state index is 13.1. The van der Waals surface area contributed by atoms with E-state index in [9.17, 15) is 21.6 Å². The molecule has 0 unspecified atom stereocenters. The van der Waals surface area contributed by atoms with Crippen molar-refractivity contribution in [3.05, 3.63) is 71.4 Å². The van der Waals surface area contributed by atoms with Crippen molar-refractivity contribution < 1.29 is 21.6 Å². The second kappa shape index (κ2) is 7.91. The quantitative estimate of drug-likeness (QED) is 0.449. The van der Waals surface area contributed by atoms with Crippen molar-refractivity contribution in [2.24, 2.45) is 5.73 Å². The van der Waals surface area contributed by atoms with Crippen LogP contribution in [0.15, 0.2) is 65.1 Å². The molecule has 0 spiro atoms. The number of hydrogen-bond acceptors (Lipinski definition) is 6. The number of sulfonamides is 1. The summed E-state index contributed by atoms with van der Waals surface area (Å²) in [6.45, 7) is -0.110. The van der Waals surface area contributed by atoms with Crippen LogP contribution in [0.3, 0.4) is 0 Å². The SMILES string of the molecule is NCc1cc(C(F)(F)F)ccc1-c1nccc2cc(S(=O)(=O)Nc3nccs3)ccc12. The van der Waals surface area contributed by atoms with Crippen molar-refractivity contribution in [3.8, 4) is 11.3 Å². The normalized spacial score (nSPS) is 12.3. The average molecular weight is 464 g/mol. The molecule has 3 N–H and O–H groups in total. The van der Waals surface area contributed by atoms with Gasteiger partial charge in [0.15, 0.2) is 5.13 Å². The van der Waals surface area contributed by atoms with Gasteiger partial charge in [0.1, 0.15) is 0 Å². The molecule has 0 fully saturated rings. The van der Waals surface area contributed by atoms with E-state index in [0.717, 1.165) is 23.5 Å². The summed E-state index contributed by atoms with van der Waals surface area (Å²) in [6.07, 6.45) is -1.53.